The molecule has 3 amide bonds. The van der Waals surface area contributed by atoms with Gasteiger partial charge in [0.25, 0.3) is 11.8 Å². The maximum Gasteiger partial charge on any atom is 0.270 e. The van der Waals surface area contributed by atoms with Gasteiger partial charge in [0, 0.05) is 12.1 Å². The van der Waals surface area contributed by atoms with Gasteiger partial charge in [0.15, 0.2) is 5.69 Å². The molecule has 0 aliphatic rings. The van der Waals surface area contributed by atoms with E-state index in [0.29, 0.717) is 12.2 Å². The highest BCUT2D eigenvalue weighted by Gasteiger charge is 2.33. The Morgan fingerprint density at radius 3 is 2.29 bits per heavy atom. The summed E-state index contributed by atoms with van der Waals surface area (Å²) in [6, 6.07) is 6.43. The van der Waals surface area contributed by atoms with Crippen LogP contribution in [0.5, 0.6) is 5.75 Å². The maximum atomic E-state index is 13.5. The number of hydrogen-bond donors (Lipinski definition) is 3. The first-order chi connectivity index (χ1) is 14.5. The van der Waals surface area contributed by atoms with Crippen LogP contribution in [0.3, 0.4) is 0 Å². The molecule has 1 aromatic heterocycles. The van der Waals surface area contributed by atoms with Crippen molar-refractivity contribution in [2.45, 2.75) is 52.2 Å². The summed E-state index contributed by atoms with van der Waals surface area (Å²) in [6.45, 7) is 7.59. The molecule has 0 aliphatic heterocycles. The van der Waals surface area contributed by atoms with Crippen molar-refractivity contribution < 1.29 is 19.1 Å². The number of hydrogen-bond acceptors (Lipinski definition) is 7. The number of nitrogens with zero attached hydrogens (tertiary/aromatic N) is 2. The number of nitrogen functional groups attached to an aromatic ring is 1. The second-order valence-electron chi connectivity index (χ2n) is 8.08. The lowest BCUT2D eigenvalue weighted by molar-refractivity contribution is -0.127. The summed E-state index contributed by atoms with van der Waals surface area (Å²) >= 11 is 0.792. The first-order valence-corrected chi connectivity index (χ1v) is 10.6. The molecule has 9 nitrogen and oxygen atoms in total. The topological polar surface area (TPSA) is 141 Å². The smallest absolute Gasteiger partial charge is 0.270 e. The molecule has 0 saturated heterocycles. The van der Waals surface area contributed by atoms with Crippen LogP contribution < -0.4 is 21.5 Å². The third-order valence-corrected chi connectivity index (χ3v) is 5.34. The van der Waals surface area contributed by atoms with Gasteiger partial charge in [0.05, 0.1) is 12.8 Å². The highest BCUT2D eigenvalue weighted by atomic mass is 32.1. The monoisotopic (exact) mass is 447 g/mol. The lowest BCUT2D eigenvalue weighted by Gasteiger charge is -2.32. The van der Waals surface area contributed by atoms with E-state index in [2.05, 4.69) is 9.69 Å². The molecule has 1 heterocycles. The standard InChI is InChI=1S/C21H29N5O4S/c1-6-14(19(28)24-21(2,3)4)26(11-12-7-9-13(30-5)10-8-12)20(29)17-15(22)16(18(23)27)25-31-17/h7-10,14H,6,11,22H2,1-5H3,(H2,23,27)(H,24,28)/t14-/m1/s1. The van der Waals surface area contributed by atoms with E-state index in [-0.39, 0.29) is 28.7 Å². The van der Waals surface area contributed by atoms with Gasteiger partial charge in [-0.05, 0) is 56.4 Å². The van der Waals surface area contributed by atoms with E-state index in [9.17, 15) is 14.4 Å². The number of carbonyl (C=O) groups excluding carboxylic acids is 3. The van der Waals surface area contributed by atoms with Crippen LogP contribution in [-0.2, 0) is 11.3 Å². The molecule has 0 fully saturated rings. The molecule has 31 heavy (non-hydrogen) atoms. The average Bonchev–Trinajstić information content (AvgIpc) is 3.08. The minimum Gasteiger partial charge on any atom is -0.497 e. The molecule has 0 bridgehead atoms. The second kappa shape index (κ2) is 9.78. The highest BCUT2D eigenvalue weighted by Crippen LogP contribution is 2.26. The van der Waals surface area contributed by atoms with Gasteiger partial charge in [-0.1, -0.05) is 19.1 Å². The maximum absolute atomic E-state index is 13.5. The number of rotatable bonds is 8. The Balaban J connectivity index is 2.45. The summed E-state index contributed by atoms with van der Waals surface area (Å²) in [6.07, 6.45) is 0.380. The van der Waals surface area contributed by atoms with E-state index in [4.69, 9.17) is 16.2 Å². The Bertz CT molecular complexity index is 950. The van der Waals surface area contributed by atoms with E-state index in [1.165, 1.54) is 4.90 Å². The lowest BCUT2D eigenvalue weighted by atomic mass is 10.1. The summed E-state index contributed by atoms with van der Waals surface area (Å²) in [5.74, 6) is -0.909. The van der Waals surface area contributed by atoms with E-state index in [0.717, 1.165) is 17.1 Å². The number of nitrogens with two attached hydrogens (primary N) is 2. The minimum atomic E-state index is -0.813. The van der Waals surface area contributed by atoms with Crippen LogP contribution in [0.15, 0.2) is 24.3 Å². The zero-order chi connectivity index (χ0) is 23.3. The van der Waals surface area contributed by atoms with Crippen LogP contribution in [0.2, 0.25) is 0 Å². The van der Waals surface area contributed by atoms with Gasteiger partial charge in [-0.15, -0.1) is 0 Å². The number of ether oxygens (including phenoxy) is 1. The van der Waals surface area contributed by atoms with Gasteiger partial charge < -0.3 is 26.4 Å². The Labute approximate surface area is 185 Å². The number of methoxy groups -OCH3 is 1. The largest absolute Gasteiger partial charge is 0.497 e. The van der Waals surface area contributed by atoms with Crippen molar-refractivity contribution in [3.8, 4) is 5.75 Å². The predicted octanol–water partition coefficient (Wildman–Crippen LogP) is 2.17. The quantitative estimate of drug-likeness (QED) is 0.566. The average molecular weight is 448 g/mol. The minimum absolute atomic E-state index is 0.0734. The summed E-state index contributed by atoms with van der Waals surface area (Å²) in [5.41, 5.74) is 11.4. The number of benzene rings is 1. The Kier molecular flexibility index (Phi) is 7.61. The fourth-order valence-corrected chi connectivity index (χ4v) is 3.77. The number of aromatic nitrogens is 1. The van der Waals surface area contributed by atoms with Crippen LogP contribution in [0, 0.1) is 0 Å². The molecule has 1 aromatic carbocycles. The van der Waals surface area contributed by atoms with Crippen LogP contribution >= 0.6 is 11.5 Å². The lowest BCUT2D eigenvalue weighted by Crippen LogP contribution is -2.53. The third kappa shape index (κ3) is 5.94. The molecule has 0 spiro atoms. The van der Waals surface area contributed by atoms with Gasteiger partial charge in [-0.2, -0.15) is 4.37 Å². The zero-order valence-electron chi connectivity index (χ0n) is 18.4. The van der Waals surface area contributed by atoms with E-state index < -0.39 is 23.4 Å². The molecule has 0 saturated carbocycles. The second-order valence-corrected chi connectivity index (χ2v) is 8.86. The Morgan fingerprint density at radius 1 is 1.23 bits per heavy atom. The summed E-state index contributed by atoms with van der Waals surface area (Å²) in [5, 5.41) is 2.93. The molecule has 0 unspecified atom stereocenters. The SMILES string of the molecule is CC[C@H](C(=O)NC(C)(C)C)N(Cc1ccc(OC)cc1)C(=O)c1snc(C(N)=O)c1N. The molecule has 2 rings (SSSR count). The van der Waals surface area contributed by atoms with E-state index in [1.807, 2.05) is 39.8 Å². The van der Waals surface area contributed by atoms with Crippen molar-refractivity contribution in [2.24, 2.45) is 5.73 Å². The predicted molar refractivity (Wildman–Crippen MR) is 120 cm³/mol. The first kappa shape index (κ1) is 24.1. The summed E-state index contributed by atoms with van der Waals surface area (Å²) in [4.78, 5) is 39.5. The van der Waals surface area contributed by atoms with Crippen molar-refractivity contribution in [3.63, 3.8) is 0 Å². The molecular formula is C21H29N5O4S. The van der Waals surface area contributed by atoms with Crippen LogP contribution in [0.1, 0.15) is 59.8 Å². The molecule has 10 heteroatoms. The fourth-order valence-electron chi connectivity index (χ4n) is 3.01. The summed E-state index contributed by atoms with van der Waals surface area (Å²) < 4.78 is 9.10. The normalized spacial score (nSPS) is 12.2. The van der Waals surface area contributed by atoms with Crippen molar-refractivity contribution >= 4 is 34.9 Å². The summed E-state index contributed by atoms with van der Waals surface area (Å²) in [7, 11) is 1.57. The van der Waals surface area contributed by atoms with Crippen LogP contribution in [0.25, 0.3) is 0 Å². The Hall–Kier alpha value is -3.14. The Morgan fingerprint density at radius 2 is 1.84 bits per heavy atom. The van der Waals surface area contributed by atoms with Gasteiger partial charge >= 0.3 is 0 Å². The number of amides is 3. The third-order valence-electron chi connectivity index (χ3n) is 4.49. The zero-order valence-corrected chi connectivity index (χ0v) is 19.2. The molecule has 168 valence electrons. The highest BCUT2D eigenvalue weighted by molar-refractivity contribution is 7.09. The van der Waals surface area contributed by atoms with Gasteiger partial charge in [0.2, 0.25) is 5.91 Å². The van der Waals surface area contributed by atoms with Crippen LogP contribution in [0.4, 0.5) is 5.69 Å². The number of primary amides is 1. The number of anilines is 1. The molecule has 2 aromatic rings. The number of carbonyl (C=O) groups is 3. The molecule has 0 radical (unpaired) electrons. The fraction of sp³-hybridized carbons (Fsp3) is 0.429. The van der Waals surface area contributed by atoms with E-state index in [1.54, 1.807) is 19.2 Å². The van der Waals surface area contributed by atoms with Crippen molar-refractivity contribution in [1.29, 1.82) is 0 Å². The van der Waals surface area contributed by atoms with Gasteiger partial charge in [-0.25, -0.2) is 0 Å². The molecule has 0 aliphatic carbocycles. The number of nitrogens with one attached hydrogen (secondary N) is 1. The molecule has 5 N–H and O–H groups in total. The van der Waals surface area contributed by atoms with E-state index >= 15 is 0 Å². The van der Waals surface area contributed by atoms with Crippen LogP contribution in [-0.4, -0.2) is 45.7 Å². The van der Waals surface area contributed by atoms with Crippen molar-refractivity contribution in [1.82, 2.24) is 14.6 Å². The molecule has 1 atom stereocenters. The van der Waals surface area contributed by atoms with Gasteiger partial charge in [-0.3, -0.25) is 14.4 Å². The van der Waals surface area contributed by atoms with Crippen molar-refractivity contribution in [2.75, 3.05) is 12.8 Å². The first-order valence-electron chi connectivity index (χ1n) is 9.79. The van der Waals surface area contributed by atoms with Gasteiger partial charge in [0.1, 0.15) is 16.7 Å². The van der Waals surface area contributed by atoms with Crippen molar-refractivity contribution in [3.05, 3.63) is 40.4 Å². The molecular weight excluding hydrogens is 418 g/mol.